The Morgan fingerprint density at radius 2 is 1.20 bits per heavy atom. The van der Waals surface area contributed by atoms with Gasteiger partial charge in [-0.3, -0.25) is 29.3 Å². The molecule has 16 heteroatoms. The lowest BCUT2D eigenvalue weighted by molar-refractivity contribution is -0.143. The molecule has 6 atom stereocenters. The van der Waals surface area contributed by atoms with Crippen molar-refractivity contribution in [2.45, 2.75) is 117 Å². The number of amides is 5. The number of carboxylic acid groups (broad SMARTS) is 1. The minimum atomic E-state index is -1.28. The third-order valence-corrected chi connectivity index (χ3v) is 6.90. The molecule has 0 saturated heterocycles. The molecule has 0 bridgehead atoms. The Morgan fingerprint density at radius 1 is 0.705 bits per heavy atom. The van der Waals surface area contributed by atoms with E-state index in [4.69, 9.17) is 22.9 Å². The Morgan fingerprint density at radius 3 is 1.68 bits per heavy atom. The van der Waals surface area contributed by atoms with Crippen molar-refractivity contribution in [2.75, 3.05) is 6.54 Å². The van der Waals surface area contributed by atoms with Crippen molar-refractivity contribution in [3.05, 3.63) is 0 Å². The molecule has 0 heterocycles. The van der Waals surface area contributed by atoms with E-state index < -0.39 is 78.4 Å². The average Bonchev–Trinajstić information content (AvgIpc) is 2.90. The number of carboxylic acids is 1. The number of hydrogen-bond donors (Lipinski definition) is 10. The van der Waals surface area contributed by atoms with Crippen molar-refractivity contribution in [1.82, 2.24) is 26.6 Å². The van der Waals surface area contributed by atoms with Crippen LogP contribution in [0, 0.1) is 17.8 Å². The molecule has 0 fully saturated rings. The predicted octanol–water partition coefficient (Wildman–Crippen LogP) is -2.08. The van der Waals surface area contributed by atoms with E-state index in [9.17, 15) is 33.9 Å². The fraction of sp³-hybridized carbons (Fsp3) is 0.786. The molecule has 5 amide bonds. The third-order valence-electron chi connectivity index (χ3n) is 6.90. The van der Waals surface area contributed by atoms with Crippen LogP contribution in [0.15, 0.2) is 0 Å². The molecule has 0 unspecified atom stereocenters. The van der Waals surface area contributed by atoms with Gasteiger partial charge >= 0.3 is 5.97 Å². The maximum Gasteiger partial charge on any atom is 0.326 e. The molecule has 0 radical (unpaired) electrons. The number of carbonyl (C=O) groups excluding carboxylic acids is 5. The van der Waals surface area contributed by atoms with E-state index in [-0.39, 0.29) is 37.0 Å². The highest BCUT2D eigenvalue weighted by atomic mass is 16.4. The maximum absolute atomic E-state index is 13.5. The summed E-state index contributed by atoms with van der Waals surface area (Å²) < 4.78 is 0. The molecule has 0 aliphatic rings. The Labute approximate surface area is 259 Å². The van der Waals surface area contributed by atoms with Crippen LogP contribution >= 0.6 is 0 Å². The van der Waals surface area contributed by atoms with Crippen molar-refractivity contribution >= 4 is 35.5 Å². The van der Waals surface area contributed by atoms with Gasteiger partial charge in [0.1, 0.15) is 30.5 Å². The van der Waals surface area contributed by atoms with Gasteiger partial charge in [0.2, 0.25) is 29.5 Å². The highest BCUT2D eigenvalue weighted by molar-refractivity contribution is 5.96. The van der Waals surface area contributed by atoms with E-state index >= 15 is 0 Å². The summed E-state index contributed by atoms with van der Waals surface area (Å²) in [5, 5.41) is 22.8. The minimum absolute atomic E-state index is 0.000256. The minimum Gasteiger partial charge on any atom is -0.480 e. The van der Waals surface area contributed by atoms with Crippen molar-refractivity contribution < 1.29 is 33.9 Å². The molecule has 14 N–H and O–H groups in total. The number of hydrogen-bond acceptors (Lipinski definition) is 10. The van der Waals surface area contributed by atoms with Gasteiger partial charge in [0.15, 0.2) is 0 Å². The summed E-state index contributed by atoms with van der Waals surface area (Å²) in [6, 6.07) is -5.72. The fourth-order valence-electron chi connectivity index (χ4n) is 4.32. The van der Waals surface area contributed by atoms with E-state index in [0.29, 0.717) is 19.4 Å². The lowest BCUT2D eigenvalue weighted by atomic mass is 9.95. The molecule has 16 nitrogen and oxygen atoms in total. The lowest BCUT2D eigenvalue weighted by Crippen LogP contribution is -2.60. The second-order valence-electron chi connectivity index (χ2n) is 12.1. The van der Waals surface area contributed by atoms with Crippen molar-refractivity contribution in [3.63, 3.8) is 0 Å². The first-order valence-electron chi connectivity index (χ1n) is 15.1. The first kappa shape index (κ1) is 40.7. The number of nitrogens with two attached hydrogens (primary N) is 4. The number of aliphatic carboxylic acids is 1. The molecule has 0 aromatic heterocycles. The van der Waals surface area contributed by atoms with Crippen molar-refractivity contribution in [2.24, 2.45) is 40.7 Å². The first-order chi connectivity index (χ1) is 20.4. The summed E-state index contributed by atoms with van der Waals surface area (Å²) in [6.45, 7) is 11.3. The highest BCUT2D eigenvalue weighted by Crippen LogP contribution is 2.13. The SMILES string of the molecule is CC[C@H](C)[C@H](NC(=O)[C@H](CC(C)C)NC(=O)[C@H](CCCNC(N)N)NC(=O)[C@@H](N)CC(N)=O)C(=O)N[C@@H](CC(C)C)C(=O)O. The first-order valence-corrected chi connectivity index (χ1v) is 15.1. The van der Waals surface area contributed by atoms with Crippen LogP contribution in [-0.2, 0) is 28.8 Å². The quantitative estimate of drug-likeness (QED) is 0.0458. The summed E-state index contributed by atoms with van der Waals surface area (Å²) >= 11 is 0. The molecule has 0 aliphatic carbocycles. The molecular weight excluding hydrogens is 574 g/mol. The Bertz CT molecular complexity index is 962. The van der Waals surface area contributed by atoms with E-state index in [1.807, 2.05) is 34.6 Å². The predicted molar refractivity (Wildman–Crippen MR) is 165 cm³/mol. The van der Waals surface area contributed by atoms with Gasteiger partial charge in [0, 0.05) is 0 Å². The molecular formula is C28H55N9O7. The summed E-state index contributed by atoms with van der Waals surface area (Å²) in [6.07, 6.45) is 0.156. The number of carbonyl (C=O) groups is 6. The Balaban J connectivity index is 5.97. The molecule has 0 saturated carbocycles. The van der Waals surface area contributed by atoms with E-state index in [0.717, 1.165) is 0 Å². The van der Waals surface area contributed by atoms with Crippen LogP contribution in [-0.4, -0.2) is 83.7 Å². The third kappa shape index (κ3) is 16.5. The van der Waals surface area contributed by atoms with Crippen LogP contribution in [0.2, 0.25) is 0 Å². The zero-order valence-corrected chi connectivity index (χ0v) is 26.9. The monoisotopic (exact) mass is 629 g/mol. The van der Waals surface area contributed by atoms with Gasteiger partial charge in [0.05, 0.1) is 12.5 Å². The van der Waals surface area contributed by atoms with Gasteiger partial charge in [-0.1, -0.05) is 48.0 Å². The molecule has 0 aliphatic heterocycles. The van der Waals surface area contributed by atoms with Crippen LogP contribution < -0.4 is 49.5 Å². The van der Waals surface area contributed by atoms with E-state index in [1.54, 1.807) is 6.92 Å². The fourth-order valence-corrected chi connectivity index (χ4v) is 4.32. The largest absolute Gasteiger partial charge is 0.480 e. The van der Waals surface area contributed by atoms with Crippen LogP contribution in [0.3, 0.4) is 0 Å². The topological polar surface area (TPSA) is 287 Å². The van der Waals surface area contributed by atoms with E-state index in [1.165, 1.54) is 0 Å². The number of nitrogens with one attached hydrogen (secondary N) is 5. The molecule has 254 valence electrons. The number of rotatable bonds is 22. The van der Waals surface area contributed by atoms with Gasteiger partial charge in [-0.15, -0.1) is 0 Å². The number of primary amides is 1. The zero-order chi connectivity index (χ0) is 34.1. The van der Waals surface area contributed by atoms with Crippen LogP contribution in [0.5, 0.6) is 0 Å². The van der Waals surface area contributed by atoms with Gasteiger partial charge < -0.3 is 49.3 Å². The van der Waals surface area contributed by atoms with Crippen LogP contribution in [0.25, 0.3) is 0 Å². The van der Waals surface area contributed by atoms with Crippen LogP contribution in [0.1, 0.15) is 80.1 Å². The Hall–Kier alpha value is -3.34. The molecule has 0 spiro atoms. The van der Waals surface area contributed by atoms with Gasteiger partial charge in [-0.25, -0.2) is 4.79 Å². The van der Waals surface area contributed by atoms with Gasteiger partial charge in [0.25, 0.3) is 0 Å². The van der Waals surface area contributed by atoms with Crippen molar-refractivity contribution in [1.29, 1.82) is 0 Å². The lowest BCUT2D eigenvalue weighted by Gasteiger charge is -2.29. The molecule has 0 rings (SSSR count). The highest BCUT2D eigenvalue weighted by Gasteiger charge is 2.34. The second kappa shape index (κ2) is 20.6. The van der Waals surface area contributed by atoms with Crippen molar-refractivity contribution in [3.8, 4) is 0 Å². The average molecular weight is 630 g/mol. The smallest absolute Gasteiger partial charge is 0.326 e. The maximum atomic E-state index is 13.5. The molecule has 44 heavy (non-hydrogen) atoms. The normalized spacial score (nSPS) is 15.5. The molecule has 0 aromatic carbocycles. The van der Waals surface area contributed by atoms with Gasteiger partial charge in [-0.05, 0) is 50.0 Å². The summed E-state index contributed by atoms with van der Waals surface area (Å²) in [5.41, 5.74) is 21.9. The van der Waals surface area contributed by atoms with Gasteiger partial charge in [-0.2, -0.15) is 0 Å². The zero-order valence-electron chi connectivity index (χ0n) is 26.9. The summed E-state index contributed by atoms with van der Waals surface area (Å²) in [7, 11) is 0. The second-order valence-corrected chi connectivity index (χ2v) is 12.1. The van der Waals surface area contributed by atoms with Crippen LogP contribution in [0.4, 0.5) is 0 Å². The summed E-state index contributed by atoms with van der Waals surface area (Å²) in [5.74, 6) is -5.14. The summed E-state index contributed by atoms with van der Waals surface area (Å²) in [4.78, 5) is 75.8. The Kier molecular flexibility index (Phi) is 19.0. The molecule has 0 aromatic rings. The van der Waals surface area contributed by atoms with E-state index in [2.05, 4.69) is 26.6 Å². The standard InChI is InChI=1S/C28H55N9O7/c1-7-16(6)22(26(42)36-20(27(43)44)12-15(4)5)37-25(41)19(11-14(2)3)35-24(40)18(9-8-10-33-28(31)32)34-23(39)17(29)13-21(30)38/h14-20,22,28,33H,7-13,29,31-32H2,1-6H3,(H2,30,38)(H,34,39)(H,35,40)(H,36,42)(H,37,41)(H,43,44)/t16-,17-,18-,19-,20-,22-/m0/s1.